The summed E-state index contributed by atoms with van der Waals surface area (Å²) in [5, 5.41) is 19.5. The summed E-state index contributed by atoms with van der Waals surface area (Å²) >= 11 is 0. The van der Waals surface area contributed by atoms with E-state index in [2.05, 4.69) is 11.8 Å². The maximum Gasteiger partial charge on any atom is 0.321 e. The lowest BCUT2D eigenvalue weighted by Gasteiger charge is -2.28. The smallest absolute Gasteiger partial charge is 0.321 e. The standard InChI is InChI=1S/C25H40N2O5/c1-5-8-9-10-11-18-26(4)21-14-12-20(13-15-21)16-17-25(23(29)30,24(31)32)19-22(28)27(6-2)7-3/h12-15H,5-11,16-19H2,1-4H3,(H,29,30)(H,31,32). The van der Waals surface area contributed by atoms with E-state index in [1.54, 1.807) is 13.8 Å². The van der Waals surface area contributed by atoms with E-state index in [1.165, 1.54) is 30.6 Å². The molecular weight excluding hydrogens is 408 g/mol. The number of carbonyl (C=O) groups excluding carboxylic acids is 1. The van der Waals surface area contributed by atoms with Gasteiger partial charge in [0.15, 0.2) is 5.41 Å². The van der Waals surface area contributed by atoms with E-state index in [0.29, 0.717) is 13.1 Å². The Balaban J connectivity index is 2.80. The third kappa shape index (κ3) is 7.84. The van der Waals surface area contributed by atoms with Crippen LogP contribution in [0.3, 0.4) is 0 Å². The van der Waals surface area contributed by atoms with E-state index < -0.39 is 29.7 Å². The highest BCUT2D eigenvalue weighted by atomic mass is 16.4. The Morgan fingerprint density at radius 2 is 1.44 bits per heavy atom. The van der Waals surface area contributed by atoms with Gasteiger partial charge in [-0.2, -0.15) is 0 Å². The van der Waals surface area contributed by atoms with Gasteiger partial charge in [-0.25, -0.2) is 0 Å². The molecule has 180 valence electrons. The molecule has 0 fully saturated rings. The van der Waals surface area contributed by atoms with Gasteiger partial charge in [-0.15, -0.1) is 0 Å². The molecular formula is C25H40N2O5. The summed E-state index contributed by atoms with van der Waals surface area (Å²) in [6.45, 7) is 7.57. The minimum absolute atomic E-state index is 0.142. The zero-order valence-electron chi connectivity index (χ0n) is 20.1. The number of anilines is 1. The van der Waals surface area contributed by atoms with Gasteiger partial charge >= 0.3 is 11.9 Å². The van der Waals surface area contributed by atoms with Crippen LogP contribution in [0.25, 0.3) is 0 Å². The molecule has 0 atom stereocenters. The zero-order valence-corrected chi connectivity index (χ0v) is 20.1. The SMILES string of the molecule is CCCCCCCN(C)c1ccc(CCC(CC(=O)N(CC)CC)(C(=O)O)C(=O)O)cc1. The van der Waals surface area contributed by atoms with Gasteiger partial charge in [0, 0.05) is 32.4 Å². The Morgan fingerprint density at radius 1 is 0.875 bits per heavy atom. The highest BCUT2D eigenvalue weighted by molar-refractivity contribution is 6.02. The van der Waals surface area contributed by atoms with Crippen molar-refractivity contribution >= 4 is 23.5 Å². The van der Waals surface area contributed by atoms with Crippen molar-refractivity contribution in [2.24, 2.45) is 5.41 Å². The van der Waals surface area contributed by atoms with Crippen molar-refractivity contribution < 1.29 is 24.6 Å². The quantitative estimate of drug-likeness (QED) is 0.287. The minimum Gasteiger partial charge on any atom is -0.480 e. The van der Waals surface area contributed by atoms with Crippen molar-refractivity contribution in [3.05, 3.63) is 29.8 Å². The van der Waals surface area contributed by atoms with Crippen molar-refractivity contribution in [2.45, 2.75) is 72.1 Å². The van der Waals surface area contributed by atoms with Gasteiger partial charge in [0.05, 0.1) is 6.42 Å². The molecule has 0 aromatic heterocycles. The van der Waals surface area contributed by atoms with Crippen LogP contribution in [0.1, 0.15) is 71.3 Å². The van der Waals surface area contributed by atoms with Gasteiger partial charge < -0.3 is 20.0 Å². The summed E-state index contributed by atoms with van der Waals surface area (Å²) in [6, 6.07) is 7.77. The second-order valence-electron chi connectivity index (χ2n) is 8.44. The molecule has 0 unspecified atom stereocenters. The number of rotatable bonds is 16. The molecule has 1 amide bonds. The normalized spacial score (nSPS) is 11.2. The molecule has 0 heterocycles. The van der Waals surface area contributed by atoms with E-state index in [0.717, 1.165) is 24.2 Å². The Kier molecular flexibility index (Phi) is 11.8. The lowest BCUT2D eigenvalue weighted by molar-refractivity contribution is -0.168. The number of unbranched alkanes of at least 4 members (excludes halogenated alkanes) is 4. The number of carboxylic acids is 2. The Labute approximate surface area is 192 Å². The summed E-state index contributed by atoms with van der Waals surface area (Å²) in [4.78, 5) is 40.1. The monoisotopic (exact) mass is 448 g/mol. The summed E-state index contributed by atoms with van der Waals surface area (Å²) in [6.07, 6.45) is 5.70. The molecule has 0 aliphatic carbocycles. The van der Waals surface area contributed by atoms with Crippen LogP contribution < -0.4 is 4.90 Å². The van der Waals surface area contributed by atoms with Crippen LogP contribution in [-0.2, 0) is 20.8 Å². The first-order valence-electron chi connectivity index (χ1n) is 11.8. The van der Waals surface area contributed by atoms with Gasteiger partial charge in [-0.05, 0) is 50.8 Å². The molecule has 7 heteroatoms. The Bertz CT molecular complexity index is 714. The Hall–Kier alpha value is -2.57. The number of hydrogen-bond acceptors (Lipinski definition) is 4. The fraction of sp³-hybridized carbons (Fsp3) is 0.640. The molecule has 0 saturated carbocycles. The van der Waals surface area contributed by atoms with Crippen molar-refractivity contribution in [1.29, 1.82) is 0 Å². The summed E-state index contributed by atoms with van der Waals surface area (Å²) in [5.41, 5.74) is -0.205. The molecule has 0 aliphatic heterocycles. The number of hydrogen-bond donors (Lipinski definition) is 2. The van der Waals surface area contributed by atoms with E-state index in [-0.39, 0.29) is 12.8 Å². The van der Waals surface area contributed by atoms with E-state index in [4.69, 9.17) is 0 Å². The van der Waals surface area contributed by atoms with Crippen molar-refractivity contribution in [3.63, 3.8) is 0 Å². The number of carboxylic acid groups (broad SMARTS) is 2. The zero-order chi connectivity index (χ0) is 24.1. The molecule has 2 N–H and O–H groups in total. The average Bonchev–Trinajstić information content (AvgIpc) is 2.77. The molecule has 1 aromatic rings. The number of aryl methyl sites for hydroxylation is 1. The number of benzene rings is 1. The number of aliphatic carboxylic acids is 2. The largest absolute Gasteiger partial charge is 0.480 e. The highest BCUT2D eigenvalue weighted by Crippen LogP contribution is 2.31. The Morgan fingerprint density at radius 3 is 1.94 bits per heavy atom. The first-order chi connectivity index (χ1) is 15.2. The van der Waals surface area contributed by atoms with Crippen LogP contribution in [0.2, 0.25) is 0 Å². The summed E-state index contributed by atoms with van der Waals surface area (Å²) < 4.78 is 0. The average molecular weight is 449 g/mol. The van der Waals surface area contributed by atoms with Crippen molar-refractivity contribution in [3.8, 4) is 0 Å². The number of carbonyl (C=O) groups is 3. The molecule has 7 nitrogen and oxygen atoms in total. The van der Waals surface area contributed by atoms with E-state index >= 15 is 0 Å². The van der Waals surface area contributed by atoms with Crippen molar-refractivity contribution in [1.82, 2.24) is 4.90 Å². The molecule has 32 heavy (non-hydrogen) atoms. The molecule has 0 spiro atoms. The number of nitrogens with zero attached hydrogens (tertiary/aromatic N) is 2. The van der Waals surface area contributed by atoms with Crippen molar-refractivity contribution in [2.75, 3.05) is 31.6 Å². The summed E-state index contributed by atoms with van der Waals surface area (Å²) in [7, 11) is 2.05. The second kappa shape index (κ2) is 13.8. The van der Waals surface area contributed by atoms with Crippen LogP contribution in [0.4, 0.5) is 5.69 Å². The van der Waals surface area contributed by atoms with Gasteiger partial charge in [-0.3, -0.25) is 14.4 Å². The van der Waals surface area contributed by atoms with Crippen LogP contribution >= 0.6 is 0 Å². The van der Waals surface area contributed by atoms with Crippen LogP contribution in [-0.4, -0.2) is 59.6 Å². The van der Waals surface area contributed by atoms with Crippen LogP contribution in [0.5, 0.6) is 0 Å². The van der Waals surface area contributed by atoms with Gasteiger partial charge in [-0.1, -0.05) is 44.7 Å². The van der Waals surface area contributed by atoms with Crippen LogP contribution in [0, 0.1) is 5.41 Å². The van der Waals surface area contributed by atoms with E-state index in [9.17, 15) is 24.6 Å². The summed E-state index contributed by atoms with van der Waals surface area (Å²) in [5.74, 6) is -3.38. The van der Waals surface area contributed by atoms with E-state index in [1.807, 2.05) is 31.3 Å². The maximum atomic E-state index is 12.5. The molecule has 0 bridgehead atoms. The topological polar surface area (TPSA) is 98.2 Å². The molecule has 1 aromatic carbocycles. The third-order valence-electron chi connectivity index (χ3n) is 6.20. The molecule has 0 saturated heterocycles. The molecule has 0 radical (unpaired) electrons. The maximum absolute atomic E-state index is 12.5. The fourth-order valence-electron chi connectivity index (χ4n) is 3.85. The van der Waals surface area contributed by atoms with Gasteiger partial charge in [0.2, 0.25) is 5.91 Å². The fourth-order valence-corrected chi connectivity index (χ4v) is 3.85. The van der Waals surface area contributed by atoms with Gasteiger partial charge in [0.1, 0.15) is 0 Å². The number of amides is 1. The predicted molar refractivity (Wildman–Crippen MR) is 127 cm³/mol. The lowest BCUT2D eigenvalue weighted by atomic mass is 9.78. The first kappa shape index (κ1) is 27.5. The third-order valence-corrected chi connectivity index (χ3v) is 6.20. The molecule has 1 rings (SSSR count). The lowest BCUT2D eigenvalue weighted by Crippen LogP contribution is -2.45. The predicted octanol–water partition coefficient (Wildman–Crippen LogP) is 4.44. The van der Waals surface area contributed by atoms with Crippen LogP contribution in [0.15, 0.2) is 24.3 Å². The minimum atomic E-state index is -2.13. The second-order valence-corrected chi connectivity index (χ2v) is 8.44. The molecule has 0 aliphatic rings. The van der Waals surface area contributed by atoms with Gasteiger partial charge in [0.25, 0.3) is 0 Å². The first-order valence-corrected chi connectivity index (χ1v) is 11.8. The highest BCUT2D eigenvalue weighted by Gasteiger charge is 2.48.